The predicted octanol–water partition coefficient (Wildman–Crippen LogP) is 3.02. The number of anilines is 1. The molecule has 4 aromatic heterocycles. The standard InChI is InChI=1S/C16H16FN7/c1-3-9(2)22-16-19-6-12-11(5-18-14(12)23-16)10-4-13(17)15-20-8-21-24(15)7-10/h4-9H,3H2,1-2H3,(H2,18,19,22,23). The number of aromatic nitrogens is 6. The maximum atomic E-state index is 14.1. The van der Waals surface area contributed by atoms with E-state index in [1.807, 2.05) is 0 Å². The number of hydrogen-bond donors (Lipinski definition) is 2. The van der Waals surface area contributed by atoms with Crippen molar-refractivity contribution in [3.05, 3.63) is 36.8 Å². The van der Waals surface area contributed by atoms with E-state index in [0.29, 0.717) is 23.2 Å². The Bertz CT molecular complexity index is 1020. The first-order valence-electron chi connectivity index (χ1n) is 7.75. The van der Waals surface area contributed by atoms with Crippen LogP contribution < -0.4 is 5.32 Å². The highest BCUT2D eigenvalue weighted by Gasteiger charge is 2.13. The summed E-state index contributed by atoms with van der Waals surface area (Å²) in [4.78, 5) is 15.8. The Morgan fingerprint density at radius 3 is 3.08 bits per heavy atom. The third-order valence-electron chi connectivity index (χ3n) is 4.06. The van der Waals surface area contributed by atoms with Crippen LogP contribution in [0, 0.1) is 5.82 Å². The molecular weight excluding hydrogens is 309 g/mol. The molecule has 7 nitrogen and oxygen atoms in total. The third-order valence-corrected chi connectivity index (χ3v) is 4.06. The zero-order valence-electron chi connectivity index (χ0n) is 13.3. The Kier molecular flexibility index (Phi) is 3.37. The van der Waals surface area contributed by atoms with Crippen LogP contribution in [0.25, 0.3) is 27.8 Å². The molecule has 0 radical (unpaired) electrons. The normalized spacial score (nSPS) is 12.8. The molecule has 0 aromatic carbocycles. The fourth-order valence-corrected chi connectivity index (χ4v) is 2.57. The van der Waals surface area contributed by atoms with E-state index < -0.39 is 5.82 Å². The van der Waals surface area contributed by atoms with E-state index in [9.17, 15) is 4.39 Å². The second-order valence-corrected chi connectivity index (χ2v) is 5.72. The van der Waals surface area contributed by atoms with Gasteiger partial charge in [-0.2, -0.15) is 10.1 Å². The lowest BCUT2D eigenvalue weighted by atomic mass is 10.1. The van der Waals surface area contributed by atoms with Gasteiger partial charge in [0.2, 0.25) is 5.95 Å². The molecule has 0 amide bonds. The molecule has 0 aliphatic rings. The summed E-state index contributed by atoms with van der Waals surface area (Å²) in [5.74, 6) is 0.151. The molecule has 4 rings (SSSR count). The molecule has 0 bridgehead atoms. The summed E-state index contributed by atoms with van der Waals surface area (Å²) in [5.41, 5.74) is 2.40. The van der Waals surface area contributed by atoms with Gasteiger partial charge in [0.15, 0.2) is 11.5 Å². The minimum atomic E-state index is -0.421. The average Bonchev–Trinajstić information content (AvgIpc) is 3.20. The summed E-state index contributed by atoms with van der Waals surface area (Å²) < 4.78 is 15.6. The summed E-state index contributed by atoms with van der Waals surface area (Å²) in [6.07, 6.45) is 7.58. The van der Waals surface area contributed by atoms with E-state index >= 15 is 0 Å². The van der Waals surface area contributed by atoms with Gasteiger partial charge in [0.05, 0.1) is 0 Å². The molecule has 1 atom stereocenters. The lowest BCUT2D eigenvalue weighted by Gasteiger charge is -2.10. The first kappa shape index (κ1) is 14.6. The predicted molar refractivity (Wildman–Crippen MR) is 89.2 cm³/mol. The highest BCUT2D eigenvalue weighted by atomic mass is 19.1. The number of rotatable bonds is 4. The Morgan fingerprint density at radius 2 is 2.25 bits per heavy atom. The van der Waals surface area contributed by atoms with Crippen LogP contribution in [0.3, 0.4) is 0 Å². The topological polar surface area (TPSA) is 83.8 Å². The molecule has 8 heteroatoms. The number of halogens is 1. The Hall–Kier alpha value is -3.03. The van der Waals surface area contributed by atoms with Gasteiger partial charge in [-0.1, -0.05) is 6.92 Å². The van der Waals surface area contributed by atoms with Crippen LogP contribution in [0.5, 0.6) is 0 Å². The van der Waals surface area contributed by atoms with E-state index in [2.05, 4.69) is 44.2 Å². The van der Waals surface area contributed by atoms with Crippen molar-refractivity contribution in [3.8, 4) is 11.1 Å². The molecule has 0 saturated heterocycles. The van der Waals surface area contributed by atoms with Gasteiger partial charge < -0.3 is 10.3 Å². The number of fused-ring (bicyclic) bond motifs is 2. The molecular formula is C16H16FN7. The molecule has 24 heavy (non-hydrogen) atoms. The molecule has 1 unspecified atom stereocenters. The lowest BCUT2D eigenvalue weighted by Crippen LogP contribution is -2.15. The largest absolute Gasteiger partial charge is 0.352 e. The smallest absolute Gasteiger partial charge is 0.224 e. The van der Waals surface area contributed by atoms with Crippen LogP contribution in [0.15, 0.2) is 31.0 Å². The summed E-state index contributed by atoms with van der Waals surface area (Å²) >= 11 is 0. The van der Waals surface area contributed by atoms with Crippen molar-refractivity contribution in [2.24, 2.45) is 0 Å². The van der Waals surface area contributed by atoms with Gasteiger partial charge in [-0.25, -0.2) is 18.9 Å². The molecule has 0 saturated carbocycles. The van der Waals surface area contributed by atoms with E-state index in [4.69, 9.17) is 0 Å². The number of aromatic amines is 1. The minimum absolute atomic E-state index is 0.204. The fourth-order valence-electron chi connectivity index (χ4n) is 2.57. The molecule has 4 heterocycles. The van der Waals surface area contributed by atoms with Crippen LogP contribution >= 0.6 is 0 Å². The quantitative estimate of drug-likeness (QED) is 0.602. The third kappa shape index (κ3) is 2.36. The number of pyridine rings is 1. The van der Waals surface area contributed by atoms with Crippen molar-refractivity contribution < 1.29 is 4.39 Å². The minimum Gasteiger partial charge on any atom is -0.352 e. The monoisotopic (exact) mass is 325 g/mol. The Labute approximate surface area is 137 Å². The number of H-pyrrole nitrogens is 1. The highest BCUT2D eigenvalue weighted by Crippen LogP contribution is 2.28. The van der Waals surface area contributed by atoms with Gasteiger partial charge in [0, 0.05) is 41.1 Å². The number of nitrogens with zero attached hydrogens (tertiary/aromatic N) is 5. The summed E-state index contributed by atoms with van der Waals surface area (Å²) in [6, 6.07) is 1.73. The van der Waals surface area contributed by atoms with E-state index in [-0.39, 0.29) is 5.65 Å². The van der Waals surface area contributed by atoms with Crippen molar-refractivity contribution in [3.63, 3.8) is 0 Å². The molecule has 0 fully saturated rings. The van der Waals surface area contributed by atoms with Gasteiger partial charge >= 0.3 is 0 Å². The summed E-state index contributed by atoms with van der Waals surface area (Å²) in [7, 11) is 0. The fraction of sp³-hybridized carbons (Fsp3) is 0.250. The van der Waals surface area contributed by atoms with Gasteiger partial charge in [-0.15, -0.1) is 0 Å². The zero-order chi connectivity index (χ0) is 16.7. The van der Waals surface area contributed by atoms with Crippen molar-refractivity contribution in [2.45, 2.75) is 26.3 Å². The SMILES string of the molecule is CCC(C)Nc1ncc2c(-c3cc(F)c4ncnn4c3)c[nH]c2n1. The Balaban J connectivity index is 1.78. The van der Waals surface area contributed by atoms with Crippen molar-refractivity contribution in [1.82, 2.24) is 29.5 Å². The van der Waals surface area contributed by atoms with Crippen LogP contribution in [0.1, 0.15) is 20.3 Å². The first-order valence-corrected chi connectivity index (χ1v) is 7.75. The maximum Gasteiger partial charge on any atom is 0.224 e. The first-order chi connectivity index (χ1) is 11.7. The van der Waals surface area contributed by atoms with Gasteiger partial charge in [-0.3, -0.25) is 0 Å². The summed E-state index contributed by atoms with van der Waals surface area (Å²) in [5, 5.41) is 8.06. The molecule has 122 valence electrons. The number of hydrogen-bond acceptors (Lipinski definition) is 5. The second kappa shape index (κ2) is 5.55. The van der Waals surface area contributed by atoms with Crippen LogP contribution in [0.4, 0.5) is 10.3 Å². The van der Waals surface area contributed by atoms with Crippen LogP contribution in [-0.4, -0.2) is 35.6 Å². The molecule has 0 spiro atoms. The van der Waals surface area contributed by atoms with E-state index in [1.165, 1.54) is 16.9 Å². The van der Waals surface area contributed by atoms with E-state index in [0.717, 1.165) is 17.4 Å². The van der Waals surface area contributed by atoms with Gasteiger partial charge in [-0.05, 0) is 19.4 Å². The maximum absolute atomic E-state index is 14.1. The molecule has 0 aliphatic heterocycles. The second-order valence-electron chi connectivity index (χ2n) is 5.72. The summed E-state index contributed by atoms with van der Waals surface area (Å²) in [6.45, 7) is 4.17. The Morgan fingerprint density at radius 1 is 1.38 bits per heavy atom. The lowest BCUT2D eigenvalue weighted by molar-refractivity contribution is 0.628. The zero-order valence-corrected chi connectivity index (χ0v) is 13.3. The van der Waals surface area contributed by atoms with Crippen LogP contribution in [0.2, 0.25) is 0 Å². The van der Waals surface area contributed by atoms with E-state index in [1.54, 1.807) is 18.6 Å². The van der Waals surface area contributed by atoms with Crippen molar-refractivity contribution in [1.29, 1.82) is 0 Å². The molecule has 2 N–H and O–H groups in total. The van der Waals surface area contributed by atoms with Crippen molar-refractivity contribution >= 4 is 22.6 Å². The highest BCUT2D eigenvalue weighted by molar-refractivity contribution is 5.93. The number of nitrogens with one attached hydrogen (secondary N) is 2. The van der Waals surface area contributed by atoms with Crippen molar-refractivity contribution in [2.75, 3.05) is 5.32 Å². The molecule has 0 aliphatic carbocycles. The van der Waals surface area contributed by atoms with Crippen LogP contribution in [-0.2, 0) is 0 Å². The van der Waals surface area contributed by atoms with Gasteiger partial charge in [0.1, 0.15) is 12.0 Å². The average molecular weight is 325 g/mol. The van der Waals surface area contributed by atoms with Gasteiger partial charge in [0.25, 0.3) is 0 Å². The molecule has 4 aromatic rings.